The molecule has 4 heteroatoms. The third kappa shape index (κ3) is 5.54. The maximum absolute atomic E-state index is 13.7. The molecule has 1 aliphatic rings. The zero-order valence-electron chi connectivity index (χ0n) is 16.7. The molecule has 3 rings (SSSR count). The van der Waals surface area contributed by atoms with Gasteiger partial charge >= 0.3 is 5.97 Å². The predicted octanol–water partition coefficient (Wildman–Crippen LogP) is 6.09. The number of carbonyl (C=O) groups is 1. The van der Waals surface area contributed by atoms with Crippen molar-refractivity contribution in [2.45, 2.75) is 51.4 Å². The minimum absolute atomic E-state index is 0.0573. The number of halogens is 1. The van der Waals surface area contributed by atoms with Crippen LogP contribution in [0.3, 0.4) is 0 Å². The first-order valence-corrected chi connectivity index (χ1v) is 10.2. The Morgan fingerprint density at radius 3 is 2.52 bits per heavy atom. The lowest BCUT2D eigenvalue weighted by Crippen LogP contribution is -2.25. The molecule has 0 spiro atoms. The van der Waals surface area contributed by atoms with E-state index in [2.05, 4.69) is 36.4 Å². The molecule has 150 valence electrons. The second-order valence-electron chi connectivity index (χ2n) is 7.57. The molecule has 0 saturated heterocycles. The van der Waals surface area contributed by atoms with Crippen LogP contribution in [0.15, 0.2) is 54.6 Å². The van der Waals surface area contributed by atoms with Crippen molar-refractivity contribution in [2.75, 3.05) is 0 Å². The lowest BCUT2D eigenvalue weighted by molar-refractivity contribution is -0.140. The van der Waals surface area contributed by atoms with Crippen LogP contribution in [0.2, 0.25) is 0 Å². The van der Waals surface area contributed by atoms with Crippen LogP contribution in [0.4, 0.5) is 4.39 Å². The molecule has 2 aromatic rings. The van der Waals surface area contributed by atoms with Gasteiger partial charge in [-0.1, -0.05) is 36.4 Å². The van der Waals surface area contributed by atoms with E-state index < -0.39 is 5.82 Å². The van der Waals surface area contributed by atoms with E-state index in [0.29, 0.717) is 5.92 Å². The summed E-state index contributed by atoms with van der Waals surface area (Å²) in [7, 11) is 0. The van der Waals surface area contributed by atoms with Crippen molar-refractivity contribution in [3.8, 4) is 11.8 Å². The zero-order valence-corrected chi connectivity index (χ0v) is 16.7. The van der Waals surface area contributed by atoms with Gasteiger partial charge in [-0.25, -0.2) is 4.39 Å². The van der Waals surface area contributed by atoms with E-state index in [1.165, 1.54) is 23.3 Å². The van der Waals surface area contributed by atoms with Crippen LogP contribution in [0.1, 0.15) is 61.6 Å². The molecule has 1 saturated carbocycles. The van der Waals surface area contributed by atoms with Gasteiger partial charge in [-0.15, -0.1) is 0 Å². The molecule has 0 bridgehead atoms. The Kier molecular flexibility index (Phi) is 7.19. The van der Waals surface area contributed by atoms with Crippen molar-refractivity contribution in [1.82, 2.24) is 0 Å². The van der Waals surface area contributed by atoms with Gasteiger partial charge in [0.15, 0.2) is 0 Å². The molecule has 2 aromatic carbocycles. The fourth-order valence-electron chi connectivity index (χ4n) is 3.89. The van der Waals surface area contributed by atoms with Crippen LogP contribution in [-0.2, 0) is 11.2 Å². The number of esters is 1. The van der Waals surface area contributed by atoms with Gasteiger partial charge in [-0.05, 0) is 74.6 Å². The second-order valence-corrected chi connectivity index (χ2v) is 7.57. The first-order valence-electron chi connectivity index (χ1n) is 10.2. The van der Waals surface area contributed by atoms with Crippen LogP contribution in [-0.4, -0.2) is 5.97 Å². The fraction of sp³-hybridized carbons (Fsp3) is 0.360. The van der Waals surface area contributed by atoms with Gasteiger partial charge in [-0.3, -0.25) is 4.79 Å². The number of hydrogen-bond acceptors (Lipinski definition) is 3. The van der Waals surface area contributed by atoms with Gasteiger partial charge in [0.25, 0.3) is 0 Å². The van der Waals surface area contributed by atoms with E-state index in [1.807, 2.05) is 6.92 Å². The molecule has 0 N–H and O–H groups in total. The van der Waals surface area contributed by atoms with Gasteiger partial charge < -0.3 is 4.74 Å². The van der Waals surface area contributed by atoms with E-state index in [0.717, 1.165) is 44.6 Å². The third-order valence-corrected chi connectivity index (χ3v) is 5.63. The normalized spacial score (nSPS) is 19.1. The van der Waals surface area contributed by atoms with Crippen molar-refractivity contribution in [1.29, 1.82) is 5.26 Å². The summed E-state index contributed by atoms with van der Waals surface area (Å²) in [5.74, 6) is -0.522. The Morgan fingerprint density at radius 2 is 1.90 bits per heavy atom. The zero-order chi connectivity index (χ0) is 20.6. The maximum atomic E-state index is 13.7. The van der Waals surface area contributed by atoms with Crippen LogP contribution in [0, 0.1) is 23.1 Å². The Morgan fingerprint density at radius 1 is 1.17 bits per heavy atom. The van der Waals surface area contributed by atoms with Gasteiger partial charge in [0.05, 0.1) is 11.5 Å². The van der Waals surface area contributed by atoms with Crippen molar-refractivity contribution in [2.24, 2.45) is 5.92 Å². The number of nitriles is 1. The quantitative estimate of drug-likeness (QED) is 0.340. The number of benzene rings is 2. The minimum atomic E-state index is -0.671. The molecule has 0 aliphatic heterocycles. The number of nitrogens with zero attached hydrogens (tertiary/aromatic N) is 1. The number of ether oxygens (including phenoxy) is 1. The molecule has 1 fully saturated rings. The molecular formula is C25H26FNO2. The van der Waals surface area contributed by atoms with Crippen molar-refractivity contribution in [3.63, 3.8) is 0 Å². The molecule has 3 nitrogen and oxygen atoms in total. The Balaban J connectivity index is 1.51. The molecule has 0 radical (unpaired) electrons. The lowest BCUT2D eigenvalue weighted by atomic mass is 9.78. The second kappa shape index (κ2) is 10.0. The number of allylic oxidation sites excluding steroid dienone is 2. The smallest absolute Gasteiger partial charge is 0.314 e. The highest BCUT2D eigenvalue weighted by atomic mass is 19.1. The molecule has 0 heterocycles. The summed E-state index contributed by atoms with van der Waals surface area (Å²) in [5.41, 5.74) is 2.62. The average molecular weight is 391 g/mol. The number of carbonyl (C=O) groups excluding carboxylic acids is 1. The maximum Gasteiger partial charge on any atom is 0.314 e. The summed E-state index contributed by atoms with van der Waals surface area (Å²) in [6.07, 6.45) is 9.80. The van der Waals surface area contributed by atoms with Crippen molar-refractivity contribution >= 4 is 5.97 Å². The first-order chi connectivity index (χ1) is 14.1. The summed E-state index contributed by atoms with van der Waals surface area (Å²) in [4.78, 5) is 12.4. The molecule has 0 unspecified atom stereocenters. The number of aryl methyl sites for hydroxylation is 1. The summed E-state index contributed by atoms with van der Waals surface area (Å²) in [6.45, 7) is 2.04. The predicted molar refractivity (Wildman–Crippen MR) is 111 cm³/mol. The first kappa shape index (κ1) is 20.8. The molecular weight excluding hydrogens is 365 g/mol. The Labute approximate surface area is 171 Å². The van der Waals surface area contributed by atoms with Crippen LogP contribution in [0.25, 0.3) is 0 Å². The molecule has 0 aromatic heterocycles. The Hall–Kier alpha value is -2.93. The van der Waals surface area contributed by atoms with E-state index in [9.17, 15) is 9.18 Å². The summed E-state index contributed by atoms with van der Waals surface area (Å²) < 4.78 is 19.0. The van der Waals surface area contributed by atoms with Gasteiger partial charge in [0.1, 0.15) is 17.6 Å². The third-order valence-electron chi connectivity index (χ3n) is 5.63. The van der Waals surface area contributed by atoms with E-state index >= 15 is 0 Å². The fourth-order valence-corrected chi connectivity index (χ4v) is 3.89. The molecule has 1 aliphatic carbocycles. The van der Waals surface area contributed by atoms with E-state index in [1.54, 1.807) is 6.07 Å². The van der Waals surface area contributed by atoms with E-state index in [4.69, 9.17) is 10.00 Å². The monoisotopic (exact) mass is 391 g/mol. The van der Waals surface area contributed by atoms with Crippen LogP contribution < -0.4 is 4.74 Å². The summed E-state index contributed by atoms with van der Waals surface area (Å²) in [5, 5.41) is 8.78. The number of rotatable bonds is 6. The van der Waals surface area contributed by atoms with Gasteiger partial charge in [0.2, 0.25) is 0 Å². The minimum Gasteiger partial charge on any atom is -0.426 e. The highest BCUT2D eigenvalue weighted by molar-refractivity contribution is 5.75. The van der Waals surface area contributed by atoms with E-state index in [-0.39, 0.29) is 23.2 Å². The highest BCUT2D eigenvalue weighted by Crippen LogP contribution is 2.36. The van der Waals surface area contributed by atoms with Crippen LogP contribution >= 0.6 is 0 Å². The Bertz CT molecular complexity index is 903. The molecule has 0 atom stereocenters. The summed E-state index contributed by atoms with van der Waals surface area (Å²) >= 11 is 0. The number of hydrogen-bond donors (Lipinski definition) is 0. The topological polar surface area (TPSA) is 50.1 Å². The SMILES string of the molecule is C/C=C/CCc1ccc([C@H]2CC[C@H](C(=O)Oc3ccc(C#N)c(F)c3)CC2)cc1. The molecule has 0 amide bonds. The molecule has 29 heavy (non-hydrogen) atoms. The van der Waals surface area contributed by atoms with Crippen LogP contribution in [0.5, 0.6) is 5.75 Å². The average Bonchev–Trinajstić information content (AvgIpc) is 2.75. The standard InChI is InChI=1S/C25H26FNO2/c1-2-3-4-5-18-6-8-19(9-7-18)20-10-12-21(13-11-20)25(28)29-23-15-14-22(17-27)24(26)16-23/h2-3,6-9,14-16,20-21H,4-5,10-13H2,1H3/b3-2+/t20-,21-. The van der Waals surface area contributed by atoms with Gasteiger partial charge in [-0.2, -0.15) is 5.26 Å². The highest BCUT2D eigenvalue weighted by Gasteiger charge is 2.28. The van der Waals surface area contributed by atoms with Crippen molar-refractivity contribution < 1.29 is 13.9 Å². The largest absolute Gasteiger partial charge is 0.426 e. The van der Waals surface area contributed by atoms with Crippen molar-refractivity contribution in [3.05, 3.63) is 77.1 Å². The van der Waals surface area contributed by atoms with Gasteiger partial charge in [0, 0.05) is 6.07 Å². The summed E-state index contributed by atoms with van der Waals surface area (Å²) in [6, 6.07) is 14.5. The lowest BCUT2D eigenvalue weighted by Gasteiger charge is -2.27.